The molecule has 0 N–H and O–H groups in total. The SMILES string of the molecule is COc1ccc(OC)c(C2C3=C(N=c4sc(=Cc5ccc(Br)cc5)c(=O)n42)c2ccccc2CC3)c1. The molecule has 0 amide bonds. The molecular formula is C29H23BrN2O3S. The van der Waals surface area contributed by atoms with Crippen molar-refractivity contribution in [1.82, 2.24) is 4.57 Å². The summed E-state index contributed by atoms with van der Waals surface area (Å²) in [6, 6.07) is 21.8. The number of aryl methyl sites for hydroxylation is 1. The first kappa shape index (κ1) is 23.0. The first-order valence-electron chi connectivity index (χ1n) is 11.7. The largest absolute Gasteiger partial charge is 0.497 e. The average molecular weight is 559 g/mol. The van der Waals surface area contributed by atoms with Gasteiger partial charge in [0.05, 0.1) is 30.5 Å². The van der Waals surface area contributed by atoms with Crippen LogP contribution in [0.5, 0.6) is 11.5 Å². The number of allylic oxidation sites excluding steroid dienone is 1. The van der Waals surface area contributed by atoms with Crippen molar-refractivity contribution >= 4 is 39.0 Å². The van der Waals surface area contributed by atoms with Gasteiger partial charge in [0.1, 0.15) is 11.5 Å². The van der Waals surface area contributed by atoms with Gasteiger partial charge in [-0.05, 0) is 65.9 Å². The molecule has 0 bridgehead atoms. The van der Waals surface area contributed by atoms with Crippen LogP contribution in [0.4, 0.5) is 0 Å². The minimum absolute atomic E-state index is 0.0537. The molecule has 2 heterocycles. The Morgan fingerprint density at radius 1 is 1.03 bits per heavy atom. The van der Waals surface area contributed by atoms with E-state index in [1.165, 1.54) is 16.9 Å². The van der Waals surface area contributed by atoms with Crippen LogP contribution in [0.25, 0.3) is 11.8 Å². The first-order chi connectivity index (χ1) is 17.6. The van der Waals surface area contributed by atoms with Crippen LogP contribution in [0.1, 0.15) is 34.7 Å². The van der Waals surface area contributed by atoms with Crippen LogP contribution >= 0.6 is 27.3 Å². The minimum atomic E-state index is -0.332. The van der Waals surface area contributed by atoms with Crippen LogP contribution in [0.15, 0.2) is 86.6 Å². The lowest BCUT2D eigenvalue weighted by atomic mass is 9.83. The van der Waals surface area contributed by atoms with Crippen molar-refractivity contribution in [2.45, 2.75) is 18.9 Å². The first-order valence-corrected chi connectivity index (χ1v) is 13.3. The third kappa shape index (κ3) is 3.83. The maximum Gasteiger partial charge on any atom is 0.271 e. The number of halogens is 1. The molecule has 1 aliphatic carbocycles. The van der Waals surface area contributed by atoms with Gasteiger partial charge >= 0.3 is 0 Å². The van der Waals surface area contributed by atoms with E-state index in [9.17, 15) is 4.79 Å². The van der Waals surface area contributed by atoms with E-state index < -0.39 is 0 Å². The number of nitrogens with zero attached hydrogens (tertiary/aromatic N) is 2. The van der Waals surface area contributed by atoms with E-state index in [0.29, 0.717) is 9.33 Å². The number of benzene rings is 3. The van der Waals surface area contributed by atoms with Crippen molar-refractivity contribution in [3.63, 3.8) is 0 Å². The standard InChI is InChI=1S/C29H23BrN2O3S/c1-34-20-12-14-24(35-2)23(16-20)27-22-13-9-18-5-3-4-6-21(18)26(22)31-29-32(27)28(33)25(36-29)15-17-7-10-19(30)11-8-17/h3-8,10-12,14-16,27H,9,13H2,1-2H3. The predicted octanol–water partition coefficient (Wildman–Crippen LogP) is 5.10. The molecule has 0 fully saturated rings. The Balaban J connectivity index is 1.65. The van der Waals surface area contributed by atoms with Crippen LogP contribution in [0.3, 0.4) is 0 Å². The molecule has 6 rings (SSSR count). The van der Waals surface area contributed by atoms with Crippen molar-refractivity contribution in [2.75, 3.05) is 14.2 Å². The Morgan fingerprint density at radius 2 is 1.83 bits per heavy atom. The molecular weight excluding hydrogens is 536 g/mol. The number of thiazole rings is 1. The van der Waals surface area contributed by atoms with Crippen LogP contribution in [-0.2, 0) is 6.42 Å². The molecule has 180 valence electrons. The lowest BCUT2D eigenvalue weighted by Gasteiger charge is -2.31. The van der Waals surface area contributed by atoms with E-state index in [2.05, 4.69) is 34.1 Å². The number of hydrogen-bond donors (Lipinski definition) is 0. The van der Waals surface area contributed by atoms with Crippen LogP contribution < -0.4 is 24.4 Å². The third-order valence-electron chi connectivity index (χ3n) is 6.77. The Labute approximate surface area is 220 Å². The maximum absolute atomic E-state index is 13.9. The van der Waals surface area contributed by atoms with Crippen molar-refractivity contribution in [3.8, 4) is 11.5 Å². The van der Waals surface area contributed by atoms with Crippen molar-refractivity contribution in [3.05, 3.63) is 119 Å². The zero-order chi connectivity index (χ0) is 24.8. The zero-order valence-electron chi connectivity index (χ0n) is 19.8. The highest BCUT2D eigenvalue weighted by Gasteiger charge is 2.34. The molecule has 1 aliphatic heterocycles. The minimum Gasteiger partial charge on any atom is -0.497 e. The Kier molecular flexibility index (Phi) is 5.90. The molecule has 0 saturated heterocycles. The summed E-state index contributed by atoms with van der Waals surface area (Å²) in [6.07, 6.45) is 3.65. The van der Waals surface area contributed by atoms with Gasteiger partial charge in [-0.25, -0.2) is 4.99 Å². The van der Waals surface area contributed by atoms with Gasteiger partial charge in [-0.3, -0.25) is 9.36 Å². The highest BCUT2D eigenvalue weighted by Crippen LogP contribution is 2.44. The number of ether oxygens (including phenoxy) is 2. The lowest BCUT2D eigenvalue weighted by molar-refractivity contribution is 0.392. The fourth-order valence-corrected chi connectivity index (χ4v) is 6.33. The summed E-state index contributed by atoms with van der Waals surface area (Å²) in [5.74, 6) is 1.44. The van der Waals surface area contributed by atoms with Gasteiger partial charge in [0.15, 0.2) is 4.80 Å². The fraction of sp³-hybridized carbons (Fsp3) is 0.172. The normalized spacial score (nSPS) is 16.6. The number of hydrogen-bond acceptors (Lipinski definition) is 5. The molecule has 1 unspecified atom stereocenters. The summed E-state index contributed by atoms with van der Waals surface area (Å²) in [5.41, 5.74) is 6.32. The van der Waals surface area contributed by atoms with Gasteiger partial charge in [-0.15, -0.1) is 0 Å². The summed E-state index contributed by atoms with van der Waals surface area (Å²) < 4.78 is 14.8. The molecule has 0 saturated carbocycles. The van der Waals surface area contributed by atoms with E-state index in [4.69, 9.17) is 14.5 Å². The predicted molar refractivity (Wildman–Crippen MR) is 146 cm³/mol. The van der Waals surface area contributed by atoms with Gasteiger partial charge < -0.3 is 9.47 Å². The summed E-state index contributed by atoms with van der Waals surface area (Å²) in [5, 5.41) is 0. The summed E-state index contributed by atoms with van der Waals surface area (Å²) in [7, 11) is 3.31. The smallest absolute Gasteiger partial charge is 0.271 e. The molecule has 0 radical (unpaired) electrons. The summed E-state index contributed by atoms with van der Waals surface area (Å²) in [6.45, 7) is 0. The zero-order valence-corrected chi connectivity index (χ0v) is 22.2. The second-order valence-corrected chi connectivity index (χ2v) is 10.7. The number of rotatable bonds is 4. The highest BCUT2D eigenvalue weighted by molar-refractivity contribution is 9.10. The van der Waals surface area contributed by atoms with Gasteiger partial charge in [0, 0.05) is 15.6 Å². The number of aromatic nitrogens is 1. The van der Waals surface area contributed by atoms with Crippen LogP contribution in [0, 0.1) is 0 Å². The lowest BCUT2D eigenvalue weighted by Crippen LogP contribution is -2.39. The molecule has 4 aromatic rings. The van der Waals surface area contributed by atoms with Crippen LogP contribution in [0.2, 0.25) is 0 Å². The van der Waals surface area contributed by atoms with Gasteiger partial charge in [-0.2, -0.15) is 0 Å². The average Bonchev–Trinajstić information content (AvgIpc) is 3.22. The summed E-state index contributed by atoms with van der Waals surface area (Å²) >= 11 is 4.90. The second kappa shape index (κ2) is 9.22. The molecule has 1 aromatic heterocycles. The molecule has 1 atom stereocenters. The van der Waals surface area contributed by atoms with E-state index >= 15 is 0 Å². The molecule has 0 spiro atoms. The molecule has 3 aromatic carbocycles. The maximum atomic E-state index is 13.9. The molecule has 36 heavy (non-hydrogen) atoms. The third-order valence-corrected chi connectivity index (χ3v) is 8.28. The molecule has 5 nitrogen and oxygen atoms in total. The highest BCUT2D eigenvalue weighted by atomic mass is 79.9. The van der Waals surface area contributed by atoms with E-state index in [-0.39, 0.29) is 11.6 Å². The Bertz CT molecular complexity index is 1700. The van der Waals surface area contributed by atoms with Crippen LogP contribution in [-0.4, -0.2) is 18.8 Å². The Hall–Kier alpha value is -3.42. The monoisotopic (exact) mass is 558 g/mol. The number of fused-ring (bicyclic) bond motifs is 3. The van der Waals surface area contributed by atoms with Crippen molar-refractivity contribution in [2.24, 2.45) is 4.99 Å². The quantitative estimate of drug-likeness (QED) is 0.350. The number of methoxy groups -OCH3 is 2. The van der Waals surface area contributed by atoms with Gasteiger partial charge in [0.25, 0.3) is 5.56 Å². The van der Waals surface area contributed by atoms with E-state index in [0.717, 1.165) is 56.8 Å². The summed E-state index contributed by atoms with van der Waals surface area (Å²) in [4.78, 5) is 19.7. The van der Waals surface area contributed by atoms with Gasteiger partial charge in [-0.1, -0.05) is 63.7 Å². The van der Waals surface area contributed by atoms with E-state index in [1.54, 1.807) is 14.2 Å². The second-order valence-electron chi connectivity index (χ2n) is 8.77. The Morgan fingerprint density at radius 3 is 2.61 bits per heavy atom. The van der Waals surface area contributed by atoms with E-state index in [1.807, 2.05) is 59.2 Å². The van der Waals surface area contributed by atoms with Gasteiger partial charge in [0.2, 0.25) is 0 Å². The fourth-order valence-electron chi connectivity index (χ4n) is 5.06. The molecule has 2 aliphatic rings. The van der Waals surface area contributed by atoms with Crippen molar-refractivity contribution in [1.29, 1.82) is 0 Å². The van der Waals surface area contributed by atoms with Crippen molar-refractivity contribution < 1.29 is 9.47 Å². The topological polar surface area (TPSA) is 52.8 Å². The molecule has 7 heteroatoms.